The fraction of sp³-hybridized carbons (Fsp3) is 0.273. The predicted molar refractivity (Wildman–Crippen MR) is 109 cm³/mol. The molecule has 4 rings (SSSR count). The number of carbonyl (C=O) groups excluding carboxylic acids is 2. The molecule has 1 atom stereocenters. The molecular weight excluding hydrogens is 372 g/mol. The van der Waals surface area contributed by atoms with E-state index < -0.39 is 0 Å². The van der Waals surface area contributed by atoms with Gasteiger partial charge in [0.15, 0.2) is 0 Å². The largest absolute Gasteiger partial charge is 0.489 e. The van der Waals surface area contributed by atoms with Crippen LogP contribution in [0.5, 0.6) is 5.75 Å². The van der Waals surface area contributed by atoms with Crippen LogP contribution in [0.4, 0.5) is 0 Å². The van der Waals surface area contributed by atoms with E-state index in [1.165, 1.54) is 0 Å². The summed E-state index contributed by atoms with van der Waals surface area (Å²) in [5.41, 5.74) is 2.18. The SMILES string of the molecule is CO.Cc1oc2ccc(OCc3ccccc3)cc2c1C(=O)NC1CNC(=O)C1. The third kappa shape index (κ3) is 4.75. The fourth-order valence-electron chi connectivity index (χ4n) is 3.28. The van der Waals surface area contributed by atoms with E-state index in [9.17, 15) is 9.59 Å². The maximum Gasteiger partial charge on any atom is 0.255 e. The Bertz CT molecular complexity index is 997. The fourth-order valence-corrected chi connectivity index (χ4v) is 3.28. The van der Waals surface area contributed by atoms with Crippen LogP contribution in [0.3, 0.4) is 0 Å². The summed E-state index contributed by atoms with van der Waals surface area (Å²) in [7, 11) is 1.00. The normalized spacial score (nSPS) is 15.4. The minimum atomic E-state index is -0.243. The maximum atomic E-state index is 12.7. The number of benzene rings is 2. The molecule has 3 aromatic rings. The first kappa shape index (κ1) is 20.4. The lowest BCUT2D eigenvalue weighted by molar-refractivity contribution is -0.119. The summed E-state index contributed by atoms with van der Waals surface area (Å²) in [4.78, 5) is 24.1. The first-order valence-electron chi connectivity index (χ1n) is 9.32. The van der Waals surface area contributed by atoms with Crippen LogP contribution in [0.1, 0.15) is 28.1 Å². The lowest BCUT2D eigenvalue weighted by atomic mass is 10.1. The maximum absolute atomic E-state index is 12.7. The summed E-state index contributed by atoms with van der Waals surface area (Å²) in [5, 5.41) is 13.3. The van der Waals surface area contributed by atoms with Gasteiger partial charge < -0.3 is 24.9 Å². The van der Waals surface area contributed by atoms with Crippen molar-refractivity contribution in [2.75, 3.05) is 13.7 Å². The molecule has 1 aliphatic heterocycles. The lowest BCUT2D eigenvalue weighted by Gasteiger charge is -2.10. The number of aryl methyl sites for hydroxylation is 1. The topological polar surface area (TPSA) is 101 Å². The molecule has 2 aromatic carbocycles. The number of amides is 2. The minimum absolute atomic E-state index is 0.0503. The van der Waals surface area contributed by atoms with E-state index in [0.717, 1.165) is 12.7 Å². The van der Waals surface area contributed by atoms with Gasteiger partial charge in [0.05, 0.1) is 11.6 Å². The van der Waals surface area contributed by atoms with Gasteiger partial charge in [-0.2, -0.15) is 0 Å². The van der Waals surface area contributed by atoms with Gasteiger partial charge in [0, 0.05) is 25.5 Å². The molecular formula is C22H24N2O5. The highest BCUT2D eigenvalue weighted by molar-refractivity contribution is 6.07. The third-order valence-corrected chi connectivity index (χ3v) is 4.62. The Morgan fingerprint density at radius 2 is 2.00 bits per heavy atom. The average Bonchev–Trinajstić information content (AvgIpc) is 3.29. The van der Waals surface area contributed by atoms with Gasteiger partial charge in [-0.15, -0.1) is 0 Å². The second-order valence-electron chi connectivity index (χ2n) is 6.64. The quantitative estimate of drug-likeness (QED) is 0.615. The van der Waals surface area contributed by atoms with Crippen molar-refractivity contribution in [2.45, 2.75) is 26.0 Å². The first-order valence-corrected chi connectivity index (χ1v) is 9.32. The molecule has 2 amide bonds. The smallest absolute Gasteiger partial charge is 0.255 e. The van der Waals surface area contributed by atoms with E-state index in [-0.39, 0.29) is 17.9 Å². The summed E-state index contributed by atoms with van der Waals surface area (Å²) in [6.07, 6.45) is 0.298. The van der Waals surface area contributed by atoms with Crippen LogP contribution in [0, 0.1) is 6.92 Å². The number of aliphatic hydroxyl groups excluding tert-OH is 1. The monoisotopic (exact) mass is 396 g/mol. The molecule has 2 heterocycles. The summed E-state index contributed by atoms with van der Waals surface area (Å²) in [6.45, 7) is 2.66. The predicted octanol–water partition coefficient (Wildman–Crippen LogP) is 2.55. The van der Waals surface area contributed by atoms with E-state index in [4.69, 9.17) is 14.3 Å². The zero-order valence-electron chi connectivity index (χ0n) is 16.4. The van der Waals surface area contributed by atoms with Crippen LogP contribution >= 0.6 is 0 Å². The van der Waals surface area contributed by atoms with Crippen molar-refractivity contribution in [1.82, 2.24) is 10.6 Å². The Balaban J connectivity index is 0.00000117. The molecule has 1 fully saturated rings. The van der Waals surface area contributed by atoms with E-state index in [2.05, 4.69) is 10.6 Å². The Kier molecular flexibility index (Phi) is 6.51. The van der Waals surface area contributed by atoms with Crippen molar-refractivity contribution in [3.8, 4) is 5.75 Å². The van der Waals surface area contributed by atoms with E-state index in [1.54, 1.807) is 13.0 Å². The Hall–Kier alpha value is -3.32. The van der Waals surface area contributed by atoms with Crippen molar-refractivity contribution < 1.29 is 23.8 Å². The molecule has 7 heteroatoms. The number of furan rings is 1. The van der Waals surface area contributed by atoms with Gasteiger partial charge in [-0.25, -0.2) is 0 Å². The van der Waals surface area contributed by atoms with Crippen LogP contribution in [0.25, 0.3) is 11.0 Å². The standard InChI is InChI=1S/C21H20N2O4.CH4O/c1-13-20(21(25)23-15-9-19(24)22-11-15)17-10-16(7-8-18(17)27-13)26-12-14-5-3-2-4-6-14;1-2/h2-8,10,15H,9,11-12H2,1H3,(H,22,24)(H,23,25);2H,1H3. The highest BCUT2D eigenvalue weighted by Crippen LogP contribution is 2.29. The van der Waals surface area contributed by atoms with E-state index in [0.29, 0.717) is 47.6 Å². The first-order chi connectivity index (χ1) is 14.1. The number of rotatable bonds is 5. The lowest BCUT2D eigenvalue weighted by Crippen LogP contribution is -2.36. The van der Waals surface area contributed by atoms with Crippen molar-refractivity contribution in [3.05, 3.63) is 65.4 Å². The van der Waals surface area contributed by atoms with E-state index >= 15 is 0 Å². The van der Waals surface area contributed by atoms with Gasteiger partial charge in [-0.3, -0.25) is 9.59 Å². The molecule has 29 heavy (non-hydrogen) atoms. The molecule has 1 aromatic heterocycles. The molecule has 1 aliphatic rings. The Morgan fingerprint density at radius 3 is 2.69 bits per heavy atom. The van der Waals surface area contributed by atoms with Gasteiger partial charge in [0.1, 0.15) is 23.7 Å². The van der Waals surface area contributed by atoms with Gasteiger partial charge in [-0.1, -0.05) is 30.3 Å². The summed E-state index contributed by atoms with van der Waals surface area (Å²) in [6, 6.07) is 15.1. The molecule has 1 unspecified atom stereocenters. The number of aliphatic hydroxyl groups is 1. The number of nitrogens with one attached hydrogen (secondary N) is 2. The van der Waals surface area contributed by atoms with Gasteiger partial charge in [0.2, 0.25) is 5.91 Å². The van der Waals surface area contributed by atoms with Gasteiger partial charge in [0.25, 0.3) is 5.91 Å². The second kappa shape index (κ2) is 9.25. The highest BCUT2D eigenvalue weighted by atomic mass is 16.5. The van der Waals surface area contributed by atoms with Crippen molar-refractivity contribution in [2.24, 2.45) is 0 Å². The molecule has 0 aliphatic carbocycles. The van der Waals surface area contributed by atoms with Crippen molar-refractivity contribution in [3.63, 3.8) is 0 Å². The van der Waals surface area contributed by atoms with Crippen LogP contribution in [0.2, 0.25) is 0 Å². The van der Waals surface area contributed by atoms with Crippen LogP contribution < -0.4 is 15.4 Å². The molecule has 3 N–H and O–H groups in total. The second-order valence-corrected chi connectivity index (χ2v) is 6.64. The summed E-state index contributed by atoms with van der Waals surface area (Å²) >= 11 is 0. The highest BCUT2D eigenvalue weighted by Gasteiger charge is 2.26. The Labute approximate surface area is 168 Å². The van der Waals surface area contributed by atoms with Crippen molar-refractivity contribution >= 4 is 22.8 Å². The zero-order valence-corrected chi connectivity index (χ0v) is 16.4. The van der Waals surface area contributed by atoms with Crippen LogP contribution in [-0.2, 0) is 11.4 Å². The number of fused-ring (bicyclic) bond motifs is 1. The molecule has 0 bridgehead atoms. The molecule has 7 nitrogen and oxygen atoms in total. The third-order valence-electron chi connectivity index (χ3n) is 4.62. The van der Waals surface area contributed by atoms with Crippen molar-refractivity contribution in [1.29, 1.82) is 0 Å². The molecule has 0 spiro atoms. The van der Waals surface area contributed by atoms with Gasteiger partial charge in [-0.05, 0) is 30.7 Å². The minimum Gasteiger partial charge on any atom is -0.489 e. The number of ether oxygens (including phenoxy) is 1. The summed E-state index contributed by atoms with van der Waals surface area (Å²) in [5.74, 6) is 0.914. The summed E-state index contributed by atoms with van der Waals surface area (Å²) < 4.78 is 11.6. The average molecular weight is 396 g/mol. The number of carbonyl (C=O) groups is 2. The van der Waals surface area contributed by atoms with E-state index in [1.807, 2.05) is 42.5 Å². The molecule has 0 saturated carbocycles. The molecule has 152 valence electrons. The molecule has 0 radical (unpaired) electrons. The van der Waals surface area contributed by atoms with Gasteiger partial charge >= 0.3 is 0 Å². The number of hydrogen-bond acceptors (Lipinski definition) is 5. The number of hydrogen-bond donors (Lipinski definition) is 3. The van der Waals surface area contributed by atoms with Crippen LogP contribution in [0.15, 0.2) is 52.9 Å². The molecule has 1 saturated heterocycles. The zero-order chi connectivity index (χ0) is 20.8. The van der Waals surface area contributed by atoms with Crippen LogP contribution in [-0.4, -0.2) is 36.6 Å². The Morgan fingerprint density at radius 1 is 1.24 bits per heavy atom.